The zero-order valence-electron chi connectivity index (χ0n) is 12.3. The number of unbranched alkanes of at least 4 members (excludes halogenated alkanes) is 1. The minimum absolute atomic E-state index is 0.131. The second-order valence-corrected chi connectivity index (χ2v) is 4.76. The van der Waals surface area contributed by atoms with Gasteiger partial charge in [0.05, 0.1) is 25.7 Å². The van der Waals surface area contributed by atoms with Gasteiger partial charge in [0.1, 0.15) is 0 Å². The molecule has 0 aliphatic carbocycles. The third kappa shape index (κ3) is 3.42. The van der Waals surface area contributed by atoms with Crippen LogP contribution >= 0.6 is 0 Å². The Morgan fingerprint density at radius 2 is 2.00 bits per heavy atom. The lowest BCUT2D eigenvalue weighted by molar-refractivity contribution is -0.139. The number of carbonyl (C=O) groups excluding carboxylic acids is 2. The van der Waals surface area contributed by atoms with Crippen LogP contribution in [0.3, 0.4) is 0 Å². The fourth-order valence-corrected chi connectivity index (χ4v) is 2.14. The van der Waals surface area contributed by atoms with Crippen LogP contribution in [0.15, 0.2) is 30.5 Å². The van der Waals surface area contributed by atoms with E-state index in [1.54, 1.807) is 6.20 Å². The predicted molar refractivity (Wildman–Crippen MR) is 79.3 cm³/mol. The van der Waals surface area contributed by atoms with Gasteiger partial charge >= 0.3 is 12.1 Å². The molecule has 5 nitrogen and oxygen atoms in total. The van der Waals surface area contributed by atoms with E-state index in [0.717, 1.165) is 29.3 Å². The summed E-state index contributed by atoms with van der Waals surface area (Å²) in [5, 5.41) is 0.857. The largest absolute Gasteiger partial charge is 0.469 e. The molecule has 0 N–H and O–H groups in total. The number of hydrogen-bond acceptors (Lipinski definition) is 4. The normalized spacial score (nSPS) is 10.6. The molecule has 21 heavy (non-hydrogen) atoms. The first-order valence-corrected chi connectivity index (χ1v) is 7.00. The maximum absolute atomic E-state index is 12.1. The first kappa shape index (κ1) is 15.1. The summed E-state index contributed by atoms with van der Waals surface area (Å²) in [4.78, 5) is 23.6. The van der Waals surface area contributed by atoms with Crippen LogP contribution in [0.25, 0.3) is 10.9 Å². The standard InChI is InChI=1S/C16H19NO4/c1-3-4-9-21-16(19)17-11-12(10-15(18)20-2)13-7-5-6-8-14(13)17/h5-8,11H,3-4,9-10H2,1-2H3. The fourth-order valence-electron chi connectivity index (χ4n) is 2.14. The molecular formula is C16H19NO4. The quantitative estimate of drug-likeness (QED) is 0.626. The van der Waals surface area contributed by atoms with Gasteiger partial charge in [-0.2, -0.15) is 0 Å². The van der Waals surface area contributed by atoms with E-state index >= 15 is 0 Å². The van der Waals surface area contributed by atoms with E-state index in [0.29, 0.717) is 6.61 Å². The van der Waals surface area contributed by atoms with E-state index in [1.807, 2.05) is 31.2 Å². The lowest BCUT2D eigenvalue weighted by Crippen LogP contribution is -2.13. The average molecular weight is 289 g/mol. The van der Waals surface area contributed by atoms with Crippen molar-refractivity contribution in [3.05, 3.63) is 36.0 Å². The summed E-state index contributed by atoms with van der Waals surface area (Å²) in [7, 11) is 1.35. The molecular weight excluding hydrogens is 270 g/mol. The van der Waals surface area contributed by atoms with E-state index in [9.17, 15) is 9.59 Å². The highest BCUT2D eigenvalue weighted by Gasteiger charge is 2.16. The molecule has 5 heteroatoms. The SMILES string of the molecule is CCCCOC(=O)n1cc(CC(=O)OC)c2ccccc21. The minimum Gasteiger partial charge on any atom is -0.469 e. The zero-order valence-corrected chi connectivity index (χ0v) is 12.3. The summed E-state index contributed by atoms with van der Waals surface area (Å²) in [6, 6.07) is 7.43. The van der Waals surface area contributed by atoms with Crippen molar-refractivity contribution in [2.24, 2.45) is 0 Å². The van der Waals surface area contributed by atoms with Gasteiger partial charge in [-0.25, -0.2) is 4.79 Å². The Balaban J connectivity index is 2.31. The summed E-state index contributed by atoms with van der Waals surface area (Å²) in [6.45, 7) is 2.43. The Bertz CT molecular complexity index is 645. The zero-order chi connectivity index (χ0) is 15.2. The van der Waals surface area contributed by atoms with Crippen LogP contribution in [0.5, 0.6) is 0 Å². The number of hydrogen-bond donors (Lipinski definition) is 0. The highest BCUT2D eigenvalue weighted by Crippen LogP contribution is 2.22. The third-order valence-electron chi connectivity index (χ3n) is 3.28. The number of nitrogens with zero attached hydrogens (tertiary/aromatic N) is 1. The molecule has 2 aromatic rings. The van der Waals surface area contributed by atoms with Crippen LogP contribution < -0.4 is 0 Å². The minimum atomic E-state index is -0.421. The molecule has 1 aromatic heterocycles. The Hall–Kier alpha value is -2.30. The number of ether oxygens (including phenoxy) is 2. The van der Waals surface area contributed by atoms with Crippen molar-refractivity contribution in [2.45, 2.75) is 26.2 Å². The average Bonchev–Trinajstić information content (AvgIpc) is 2.86. The van der Waals surface area contributed by atoms with Gasteiger partial charge in [-0.3, -0.25) is 9.36 Å². The maximum atomic E-state index is 12.1. The lowest BCUT2D eigenvalue weighted by atomic mass is 10.1. The van der Waals surface area contributed by atoms with Crippen molar-refractivity contribution in [1.82, 2.24) is 4.57 Å². The highest BCUT2D eigenvalue weighted by molar-refractivity contribution is 5.93. The molecule has 0 aliphatic rings. The Kier molecular flexibility index (Phi) is 4.98. The van der Waals surface area contributed by atoms with Gasteiger partial charge in [0, 0.05) is 11.6 Å². The monoisotopic (exact) mass is 289 g/mol. The number of aromatic nitrogens is 1. The van der Waals surface area contributed by atoms with Crippen LogP contribution in [0.1, 0.15) is 25.3 Å². The van der Waals surface area contributed by atoms with E-state index in [1.165, 1.54) is 11.7 Å². The van der Waals surface area contributed by atoms with Gasteiger partial charge in [0.25, 0.3) is 0 Å². The number of carbonyl (C=O) groups is 2. The Morgan fingerprint density at radius 3 is 2.71 bits per heavy atom. The molecule has 0 amide bonds. The number of rotatable bonds is 5. The van der Waals surface area contributed by atoms with Crippen LogP contribution in [0, 0.1) is 0 Å². The molecule has 0 spiro atoms. The second kappa shape index (κ2) is 6.92. The number of methoxy groups -OCH3 is 1. The summed E-state index contributed by atoms with van der Waals surface area (Å²) >= 11 is 0. The lowest BCUT2D eigenvalue weighted by Gasteiger charge is -2.05. The van der Waals surface area contributed by atoms with E-state index < -0.39 is 6.09 Å². The fraction of sp³-hybridized carbons (Fsp3) is 0.375. The van der Waals surface area contributed by atoms with Crippen molar-refractivity contribution in [1.29, 1.82) is 0 Å². The Morgan fingerprint density at radius 1 is 1.24 bits per heavy atom. The van der Waals surface area contributed by atoms with Gasteiger partial charge in [-0.15, -0.1) is 0 Å². The molecule has 0 unspecified atom stereocenters. The summed E-state index contributed by atoms with van der Waals surface area (Å²) in [5.74, 6) is -0.336. The van der Waals surface area contributed by atoms with Gasteiger partial charge in [-0.1, -0.05) is 31.5 Å². The number of esters is 1. The smallest absolute Gasteiger partial charge is 0.418 e. The van der Waals surface area contributed by atoms with Crippen molar-refractivity contribution in [3.8, 4) is 0 Å². The van der Waals surface area contributed by atoms with Gasteiger partial charge in [-0.05, 0) is 18.1 Å². The van der Waals surface area contributed by atoms with Crippen molar-refractivity contribution in [3.63, 3.8) is 0 Å². The number of fused-ring (bicyclic) bond motifs is 1. The van der Waals surface area contributed by atoms with Crippen LogP contribution in [0.2, 0.25) is 0 Å². The van der Waals surface area contributed by atoms with Gasteiger partial charge in [0.15, 0.2) is 0 Å². The summed E-state index contributed by atoms with van der Waals surface area (Å²) in [6.07, 6.45) is 3.16. The highest BCUT2D eigenvalue weighted by atomic mass is 16.5. The topological polar surface area (TPSA) is 57.5 Å². The summed E-state index contributed by atoms with van der Waals surface area (Å²) in [5.41, 5.74) is 1.49. The molecule has 0 aliphatic heterocycles. The number of para-hydroxylation sites is 1. The van der Waals surface area contributed by atoms with Gasteiger partial charge in [0.2, 0.25) is 0 Å². The number of benzene rings is 1. The first-order chi connectivity index (χ1) is 10.2. The maximum Gasteiger partial charge on any atom is 0.418 e. The predicted octanol–water partition coefficient (Wildman–Crippen LogP) is 3.14. The van der Waals surface area contributed by atoms with Crippen molar-refractivity contribution < 1.29 is 19.1 Å². The molecule has 0 saturated carbocycles. The van der Waals surface area contributed by atoms with Crippen molar-refractivity contribution in [2.75, 3.05) is 13.7 Å². The third-order valence-corrected chi connectivity index (χ3v) is 3.28. The Labute approximate surface area is 123 Å². The molecule has 0 atom stereocenters. The molecule has 0 fully saturated rings. The van der Waals surface area contributed by atoms with E-state index in [2.05, 4.69) is 4.74 Å². The molecule has 1 aromatic carbocycles. The molecule has 0 saturated heterocycles. The van der Waals surface area contributed by atoms with Crippen LogP contribution in [-0.4, -0.2) is 30.3 Å². The van der Waals surface area contributed by atoms with Crippen LogP contribution in [-0.2, 0) is 20.7 Å². The van der Waals surface area contributed by atoms with Crippen molar-refractivity contribution >= 4 is 23.0 Å². The molecule has 1 heterocycles. The second-order valence-electron chi connectivity index (χ2n) is 4.76. The van der Waals surface area contributed by atoms with E-state index in [-0.39, 0.29) is 12.4 Å². The van der Waals surface area contributed by atoms with Crippen LogP contribution in [0.4, 0.5) is 4.79 Å². The molecule has 2 rings (SSSR count). The summed E-state index contributed by atoms with van der Waals surface area (Å²) < 4.78 is 11.4. The molecule has 112 valence electrons. The molecule has 0 radical (unpaired) electrons. The van der Waals surface area contributed by atoms with Gasteiger partial charge < -0.3 is 9.47 Å². The first-order valence-electron chi connectivity index (χ1n) is 7.00. The molecule has 0 bridgehead atoms. The van der Waals surface area contributed by atoms with E-state index in [4.69, 9.17) is 4.74 Å².